The van der Waals surface area contributed by atoms with Gasteiger partial charge in [-0.1, -0.05) is 18.2 Å². The molecule has 0 unspecified atom stereocenters. The molecule has 1 aliphatic heterocycles. The molecule has 1 heterocycles. The van der Waals surface area contributed by atoms with Crippen LogP contribution >= 0.6 is 0 Å². The van der Waals surface area contributed by atoms with E-state index in [9.17, 15) is 19.2 Å². The third kappa shape index (κ3) is 2.90. The summed E-state index contributed by atoms with van der Waals surface area (Å²) in [5, 5.41) is 2.58. The Morgan fingerprint density at radius 2 is 1.86 bits per heavy atom. The largest absolute Gasteiger partial charge is 0.496 e. The Morgan fingerprint density at radius 1 is 1.18 bits per heavy atom. The van der Waals surface area contributed by atoms with Gasteiger partial charge in [0.2, 0.25) is 5.91 Å². The number of amides is 5. The third-order valence-corrected chi connectivity index (χ3v) is 3.22. The Labute approximate surface area is 126 Å². The number of likely N-dealkylation sites (N-methyl/N-ethyl adjacent to an activating group) is 1. The summed E-state index contributed by atoms with van der Waals surface area (Å²) in [4.78, 5) is 47.7. The van der Waals surface area contributed by atoms with Gasteiger partial charge < -0.3 is 10.1 Å². The number of nitrogens with one attached hydrogen (secondary N) is 1. The predicted molar refractivity (Wildman–Crippen MR) is 74.7 cm³/mol. The predicted octanol–water partition coefficient (Wildman–Crippen LogP) is -0.268. The number of carbonyl (C=O) groups is 4. The summed E-state index contributed by atoms with van der Waals surface area (Å²) in [7, 11) is 2.71. The van der Waals surface area contributed by atoms with Crippen LogP contribution in [-0.2, 0) is 20.9 Å². The lowest BCUT2D eigenvalue weighted by Crippen LogP contribution is -2.40. The highest BCUT2D eigenvalue weighted by atomic mass is 16.5. The van der Waals surface area contributed by atoms with Crippen LogP contribution in [-0.4, -0.2) is 54.3 Å². The smallest absolute Gasteiger partial charge is 0.334 e. The van der Waals surface area contributed by atoms with Gasteiger partial charge in [0.15, 0.2) is 0 Å². The summed E-state index contributed by atoms with van der Waals surface area (Å²) < 4.78 is 5.15. The maximum Gasteiger partial charge on any atom is 0.334 e. The van der Waals surface area contributed by atoms with Gasteiger partial charge in [0, 0.05) is 19.2 Å². The molecule has 2 rings (SSSR count). The molecule has 0 aromatic heterocycles. The normalized spacial score (nSPS) is 14.5. The van der Waals surface area contributed by atoms with Crippen LogP contribution in [0.15, 0.2) is 24.3 Å². The van der Waals surface area contributed by atoms with Crippen molar-refractivity contribution in [1.29, 1.82) is 0 Å². The van der Waals surface area contributed by atoms with Gasteiger partial charge in [-0.05, 0) is 6.07 Å². The number of hydrogen-bond donors (Lipinski definition) is 1. The zero-order valence-corrected chi connectivity index (χ0v) is 12.2. The number of rotatable bonds is 5. The van der Waals surface area contributed by atoms with Crippen LogP contribution in [0.1, 0.15) is 5.56 Å². The second-order valence-corrected chi connectivity index (χ2v) is 4.63. The van der Waals surface area contributed by atoms with Gasteiger partial charge in [0.25, 0.3) is 0 Å². The van der Waals surface area contributed by atoms with Crippen LogP contribution in [0, 0.1) is 0 Å². The van der Waals surface area contributed by atoms with E-state index in [1.807, 2.05) is 0 Å². The fraction of sp³-hybridized carbons (Fsp3) is 0.286. The van der Waals surface area contributed by atoms with Crippen molar-refractivity contribution in [2.24, 2.45) is 0 Å². The van der Waals surface area contributed by atoms with Gasteiger partial charge in [-0.3, -0.25) is 19.3 Å². The first-order valence-electron chi connectivity index (χ1n) is 6.47. The van der Waals surface area contributed by atoms with Crippen molar-refractivity contribution in [2.45, 2.75) is 6.54 Å². The number of hydrogen-bond acceptors (Lipinski definition) is 5. The molecule has 22 heavy (non-hydrogen) atoms. The van der Waals surface area contributed by atoms with Crippen molar-refractivity contribution in [3.63, 3.8) is 0 Å². The molecule has 0 saturated carbocycles. The van der Waals surface area contributed by atoms with Gasteiger partial charge in [0.1, 0.15) is 12.3 Å². The molecule has 0 spiro atoms. The Kier molecular flexibility index (Phi) is 4.40. The van der Waals surface area contributed by atoms with E-state index < -0.39 is 30.3 Å². The van der Waals surface area contributed by atoms with Gasteiger partial charge in [-0.15, -0.1) is 0 Å². The minimum Gasteiger partial charge on any atom is -0.496 e. The van der Waals surface area contributed by atoms with Gasteiger partial charge in [0.05, 0.1) is 7.11 Å². The minimum absolute atomic E-state index is 0.183. The summed E-state index contributed by atoms with van der Waals surface area (Å²) >= 11 is 0. The number of ether oxygens (including phenoxy) is 1. The van der Waals surface area contributed by atoms with Gasteiger partial charge >= 0.3 is 17.8 Å². The first-order chi connectivity index (χ1) is 10.5. The SMILES string of the molecule is COc1ccccc1CNC(=O)CN1C(=O)C(=O)N(C)C1=O. The number of benzene rings is 1. The summed E-state index contributed by atoms with van der Waals surface area (Å²) in [5.74, 6) is -1.87. The molecule has 1 N–H and O–H groups in total. The molecule has 0 atom stereocenters. The van der Waals surface area contributed by atoms with E-state index in [4.69, 9.17) is 4.74 Å². The first-order valence-corrected chi connectivity index (χ1v) is 6.47. The van der Waals surface area contributed by atoms with Crippen LogP contribution in [0.2, 0.25) is 0 Å². The van der Waals surface area contributed by atoms with Crippen molar-refractivity contribution in [3.8, 4) is 5.75 Å². The third-order valence-electron chi connectivity index (χ3n) is 3.22. The average molecular weight is 305 g/mol. The van der Waals surface area contributed by atoms with E-state index in [0.717, 1.165) is 5.56 Å². The molecule has 116 valence electrons. The highest BCUT2D eigenvalue weighted by molar-refractivity contribution is 6.44. The number of methoxy groups -OCH3 is 1. The maximum atomic E-state index is 11.8. The molecule has 0 bridgehead atoms. The summed E-state index contributed by atoms with van der Waals surface area (Å²) in [5.41, 5.74) is 0.755. The van der Waals surface area contributed by atoms with E-state index >= 15 is 0 Å². The molecule has 5 amide bonds. The van der Waals surface area contributed by atoms with E-state index in [0.29, 0.717) is 15.5 Å². The van der Waals surface area contributed by atoms with Gasteiger partial charge in [-0.2, -0.15) is 0 Å². The fourth-order valence-electron chi connectivity index (χ4n) is 2.00. The molecule has 0 radical (unpaired) electrons. The summed E-state index contributed by atoms with van der Waals surface area (Å²) in [6.07, 6.45) is 0. The Balaban J connectivity index is 1.95. The lowest BCUT2D eigenvalue weighted by molar-refractivity contribution is -0.143. The molecule has 0 aliphatic carbocycles. The molecular formula is C14H15N3O5. The van der Waals surface area contributed by atoms with Crippen molar-refractivity contribution in [2.75, 3.05) is 20.7 Å². The molecule has 8 heteroatoms. The van der Waals surface area contributed by atoms with E-state index in [-0.39, 0.29) is 6.54 Å². The van der Waals surface area contributed by atoms with E-state index in [1.165, 1.54) is 14.2 Å². The van der Waals surface area contributed by atoms with Crippen molar-refractivity contribution < 1.29 is 23.9 Å². The summed E-state index contributed by atoms with van der Waals surface area (Å²) in [6.45, 7) is -0.314. The fourth-order valence-corrected chi connectivity index (χ4v) is 2.00. The maximum absolute atomic E-state index is 11.8. The molecule has 1 aromatic rings. The Hall–Kier alpha value is -2.90. The molecule has 1 saturated heterocycles. The van der Waals surface area contributed by atoms with E-state index in [1.54, 1.807) is 24.3 Å². The molecular weight excluding hydrogens is 290 g/mol. The minimum atomic E-state index is -1.00. The molecule has 8 nitrogen and oxygen atoms in total. The highest BCUT2D eigenvalue weighted by Gasteiger charge is 2.42. The quantitative estimate of drug-likeness (QED) is 0.597. The number of nitrogens with zero attached hydrogens (tertiary/aromatic N) is 2. The van der Waals surface area contributed by atoms with Crippen LogP contribution in [0.5, 0.6) is 5.75 Å². The second-order valence-electron chi connectivity index (χ2n) is 4.63. The molecule has 1 fully saturated rings. The number of urea groups is 1. The monoisotopic (exact) mass is 305 g/mol. The highest BCUT2D eigenvalue weighted by Crippen LogP contribution is 2.16. The van der Waals surface area contributed by atoms with Crippen molar-refractivity contribution >= 4 is 23.8 Å². The topological polar surface area (TPSA) is 96.0 Å². The zero-order valence-electron chi connectivity index (χ0n) is 12.2. The Morgan fingerprint density at radius 3 is 2.45 bits per heavy atom. The van der Waals surface area contributed by atoms with Gasteiger partial charge in [-0.25, -0.2) is 9.69 Å². The molecule has 1 aromatic carbocycles. The molecule has 1 aliphatic rings. The van der Waals surface area contributed by atoms with Crippen molar-refractivity contribution in [1.82, 2.24) is 15.1 Å². The lowest BCUT2D eigenvalue weighted by Gasteiger charge is -2.13. The number of imide groups is 2. The van der Waals surface area contributed by atoms with Crippen molar-refractivity contribution in [3.05, 3.63) is 29.8 Å². The second kappa shape index (κ2) is 6.25. The van der Waals surface area contributed by atoms with Crippen LogP contribution in [0.4, 0.5) is 4.79 Å². The van der Waals surface area contributed by atoms with E-state index in [2.05, 4.69) is 5.32 Å². The standard InChI is InChI=1S/C14H15N3O5/c1-16-12(19)13(20)17(14(16)21)8-11(18)15-7-9-5-3-4-6-10(9)22-2/h3-6H,7-8H2,1-2H3,(H,15,18). The average Bonchev–Trinajstić information content (AvgIpc) is 2.71. The number of carbonyl (C=O) groups excluding carboxylic acids is 4. The zero-order chi connectivity index (χ0) is 16.3. The summed E-state index contributed by atoms with van der Waals surface area (Å²) in [6, 6.07) is 6.33. The van der Waals surface area contributed by atoms with Crippen LogP contribution in [0.25, 0.3) is 0 Å². The Bertz CT molecular complexity index is 643. The first kappa shape index (κ1) is 15.5. The lowest BCUT2D eigenvalue weighted by atomic mass is 10.2. The number of para-hydroxylation sites is 1. The van der Waals surface area contributed by atoms with Crippen LogP contribution in [0.3, 0.4) is 0 Å². The van der Waals surface area contributed by atoms with Crippen LogP contribution < -0.4 is 10.1 Å².